The van der Waals surface area contributed by atoms with Crippen LogP contribution in [0.25, 0.3) is 0 Å². The number of hydrogen-bond acceptors (Lipinski definition) is 4. The van der Waals surface area contributed by atoms with Crippen molar-refractivity contribution in [3.8, 4) is 0 Å². The summed E-state index contributed by atoms with van der Waals surface area (Å²) in [4.78, 5) is 4.26. The minimum absolute atomic E-state index is 0.590. The average Bonchev–Trinajstić information content (AvgIpc) is 2.69. The Morgan fingerprint density at radius 2 is 2.53 bits per heavy atom. The van der Waals surface area contributed by atoms with Gasteiger partial charge in [0.1, 0.15) is 5.82 Å². The summed E-state index contributed by atoms with van der Waals surface area (Å²) in [5.41, 5.74) is 7.65. The summed E-state index contributed by atoms with van der Waals surface area (Å²) in [6.07, 6.45) is 2.95. The third-order valence-electron chi connectivity index (χ3n) is 2.64. The smallest absolute Gasteiger partial charge is 0.149 e. The van der Waals surface area contributed by atoms with E-state index in [2.05, 4.69) is 10.3 Å². The van der Waals surface area contributed by atoms with Crippen molar-refractivity contribution in [2.45, 2.75) is 13.3 Å². The molecule has 1 fully saturated rings. The molecule has 1 aromatic rings. The molecule has 1 atom stereocenters. The molecule has 1 unspecified atom stereocenters. The van der Waals surface area contributed by atoms with Crippen molar-refractivity contribution < 1.29 is 4.74 Å². The van der Waals surface area contributed by atoms with Gasteiger partial charge in [0.2, 0.25) is 0 Å². The van der Waals surface area contributed by atoms with E-state index < -0.39 is 0 Å². The second kappa shape index (κ2) is 4.49. The van der Waals surface area contributed by atoms with Crippen LogP contribution < -0.4 is 11.1 Å². The molecule has 4 heteroatoms. The van der Waals surface area contributed by atoms with Crippen LogP contribution in [0.2, 0.25) is 0 Å². The molecule has 4 nitrogen and oxygen atoms in total. The van der Waals surface area contributed by atoms with Gasteiger partial charge in [-0.05, 0) is 25.0 Å². The zero-order chi connectivity index (χ0) is 10.7. The van der Waals surface area contributed by atoms with E-state index in [0.29, 0.717) is 11.6 Å². The number of aromatic nitrogens is 1. The first-order valence-corrected chi connectivity index (χ1v) is 5.29. The highest BCUT2D eigenvalue weighted by atomic mass is 16.5. The molecule has 3 N–H and O–H groups in total. The molecule has 82 valence electrons. The molecule has 0 bridgehead atoms. The molecule has 0 radical (unpaired) electrons. The molecule has 1 saturated heterocycles. The van der Waals surface area contributed by atoms with E-state index in [1.54, 1.807) is 0 Å². The van der Waals surface area contributed by atoms with Gasteiger partial charge in [-0.25, -0.2) is 4.98 Å². The Kier molecular flexibility index (Phi) is 3.06. The van der Waals surface area contributed by atoms with Gasteiger partial charge in [-0.2, -0.15) is 0 Å². The third kappa shape index (κ3) is 2.59. The largest absolute Gasteiger partial charge is 0.396 e. The number of nitrogens with zero attached hydrogens (tertiary/aromatic N) is 1. The van der Waals surface area contributed by atoms with Crippen molar-refractivity contribution in [1.82, 2.24) is 4.98 Å². The Balaban J connectivity index is 1.92. The van der Waals surface area contributed by atoms with E-state index in [4.69, 9.17) is 10.5 Å². The lowest BCUT2D eigenvalue weighted by Gasteiger charge is -2.11. The van der Waals surface area contributed by atoms with Gasteiger partial charge in [-0.3, -0.25) is 0 Å². The fraction of sp³-hybridized carbons (Fsp3) is 0.545. The molecule has 0 aromatic carbocycles. The van der Waals surface area contributed by atoms with Crippen molar-refractivity contribution >= 4 is 11.5 Å². The normalized spacial score (nSPS) is 20.5. The number of aryl methyl sites for hydroxylation is 1. The molecular formula is C11H17N3O. The second-order valence-corrected chi connectivity index (χ2v) is 4.06. The fourth-order valence-corrected chi connectivity index (χ4v) is 1.72. The van der Waals surface area contributed by atoms with Crippen LogP contribution >= 0.6 is 0 Å². The van der Waals surface area contributed by atoms with Gasteiger partial charge in [-0.15, -0.1) is 0 Å². The number of hydrogen-bond donors (Lipinski definition) is 2. The Morgan fingerprint density at radius 1 is 1.67 bits per heavy atom. The van der Waals surface area contributed by atoms with Crippen LogP contribution in [0.15, 0.2) is 12.3 Å². The molecule has 2 rings (SSSR count). The Labute approximate surface area is 89.8 Å². The summed E-state index contributed by atoms with van der Waals surface area (Å²) in [7, 11) is 0. The summed E-state index contributed by atoms with van der Waals surface area (Å²) in [5, 5.41) is 3.27. The van der Waals surface area contributed by atoms with Crippen molar-refractivity contribution in [3.63, 3.8) is 0 Å². The maximum Gasteiger partial charge on any atom is 0.149 e. The fourth-order valence-electron chi connectivity index (χ4n) is 1.72. The van der Waals surface area contributed by atoms with E-state index >= 15 is 0 Å². The molecule has 0 amide bonds. The summed E-state index contributed by atoms with van der Waals surface area (Å²) in [5.74, 6) is 1.38. The summed E-state index contributed by atoms with van der Waals surface area (Å²) in [6, 6.07) is 1.93. The van der Waals surface area contributed by atoms with Gasteiger partial charge in [0.25, 0.3) is 0 Å². The first-order chi connectivity index (χ1) is 7.25. The van der Waals surface area contributed by atoms with Crippen molar-refractivity contribution in [3.05, 3.63) is 17.8 Å². The maximum atomic E-state index is 5.85. The van der Waals surface area contributed by atoms with Crippen LogP contribution in [-0.4, -0.2) is 24.7 Å². The van der Waals surface area contributed by atoms with E-state index in [1.165, 1.54) is 0 Å². The Bertz CT molecular complexity index is 335. The number of pyridine rings is 1. The highest BCUT2D eigenvalue weighted by Gasteiger charge is 2.15. The van der Waals surface area contributed by atoms with E-state index in [9.17, 15) is 0 Å². The third-order valence-corrected chi connectivity index (χ3v) is 2.64. The monoisotopic (exact) mass is 207 g/mol. The number of nitrogens with two attached hydrogens (primary N) is 1. The van der Waals surface area contributed by atoms with Crippen LogP contribution in [-0.2, 0) is 4.74 Å². The first kappa shape index (κ1) is 10.2. The number of anilines is 2. The average molecular weight is 207 g/mol. The minimum Gasteiger partial charge on any atom is -0.396 e. The second-order valence-electron chi connectivity index (χ2n) is 4.06. The van der Waals surface area contributed by atoms with Crippen molar-refractivity contribution in [2.24, 2.45) is 5.92 Å². The van der Waals surface area contributed by atoms with E-state index in [0.717, 1.165) is 37.6 Å². The zero-order valence-corrected chi connectivity index (χ0v) is 8.99. The molecular weight excluding hydrogens is 190 g/mol. The van der Waals surface area contributed by atoms with Crippen LogP contribution in [0.3, 0.4) is 0 Å². The zero-order valence-electron chi connectivity index (χ0n) is 8.99. The predicted octanol–water partition coefficient (Wildman–Crippen LogP) is 1.42. The lowest BCUT2D eigenvalue weighted by Crippen LogP contribution is -2.15. The van der Waals surface area contributed by atoms with Gasteiger partial charge in [0, 0.05) is 25.3 Å². The van der Waals surface area contributed by atoms with Crippen LogP contribution in [0.1, 0.15) is 12.0 Å². The molecule has 0 saturated carbocycles. The highest BCUT2D eigenvalue weighted by Crippen LogP contribution is 2.18. The van der Waals surface area contributed by atoms with Gasteiger partial charge < -0.3 is 15.8 Å². The SMILES string of the molecule is Cc1cnc(NCC2CCOC2)c(N)c1. The molecule has 15 heavy (non-hydrogen) atoms. The van der Waals surface area contributed by atoms with Crippen LogP contribution in [0.4, 0.5) is 11.5 Å². The number of ether oxygens (including phenoxy) is 1. The van der Waals surface area contributed by atoms with Gasteiger partial charge >= 0.3 is 0 Å². The molecule has 1 aromatic heterocycles. The molecule has 0 aliphatic carbocycles. The highest BCUT2D eigenvalue weighted by molar-refractivity contribution is 5.61. The number of rotatable bonds is 3. The summed E-state index contributed by atoms with van der Waals surface area (Å²) in [6.45, 7) is 4.60. The Morgan fingerprint density at radius 3 is 3.20 bits per heavy atom. The van der Waals surface area contributed by atoms with Gasteiger partial charge in [-0.1, -0.05) is 0 Å². The lowest BCUT2D eigenvalue weighted by molar-refractivity contribution is 0.187. The Hall–Kier alpha value is -1.29. The molecule has 1 aliphatic heterocycles. The molecule has 1 aliphatic rings. The quantitative estimate of drug-likeness (QED) is 0.787. The summed E-state index contributed by atoms with van der Waals surface area (Å²) < 4.78 is 5.30. The summed E-state index contributed by atoms with van der Waals surface area (Å²) >= 11 is 0. The van der Waals surface area contributed by atoms with Crippen LogP contribution in [0.5, 0.6) is 0 Å². The maximum absolute atomic E-state index is 5.85. The van der Waals surface area contributed by atoms with E-state index in [1.807, 2.05) is 19.2 Å². The predicted molar refractivity (Wildman–Crippen MR) is 60.8 cm³/mol. The molecule has 0 spiro atoms. The van der Waals surface area contributed by atoms with Gasteiger partial charge in [0.15, 0.2) is 0 Å². The standard InChI is InChI=1S/C11H17N3O/c1-8-4-10(12)11(13-5-8)14-6-9-2-3-15-7-9/h4-5,9H,2-3,6-7,12H2,1H3,(H,13,14). The van der Waals surface area contributed by atoms with Crippen molar-refractivity contribution in [2.75, 3.05) is 30.8 Å². The van der Waals surface area contributed by atoms with Gasteiger partial charge in [0.05, 0.1) is 12.3 Å². The van der Waals surface area contributed by atoms with E-state index in [-0.39, 0.29) is 0 Å². The molecule has 2 heterocycles. The van der Waals surface area contributed by atoms with Crippen LogP contribution in [0, 0.1) is 12.8 Å². The number of nitrogen functional groups attached to an aromatic ring is 1. The van der Waals surface area contributed by atoms with Crippen molar-refractivity contribution in [1.29, 1.82) is 0 Å². The first-order valence-electron chi connectivity index (χ1n) is 5.29. The minimum atomic E-state index is 0.590. The number of nitrogens with one attached hydrogen (secondary N) is 1. The topological polar surface area (TPSA) is 60.2 Å². The lowest BCUT2D eigenvalue weighted by atomic mass is 10.1.